The lowest BCUT2D eigenvalue weighted by Gasteiger charge is -2.24. The molecule has 0 aromatic heterocycles. The lowest BCUT2D eigenvalue weighted by Crippen LogP contribution is -2.32. The quantitative estimate of drug-likeness (QED) is 0.735. The van der Waals surface area contributed by atoms with Crippen LogP contribution in [-0.2, 0) is 4.79 Å². The Morgan fingerprint density at radius 3 is 2.36 bits per heavy atom. The van der Waals surface area contributed by atoms with E-state index in [4.69, 9.17) is 0 Å². The maximum Gasteiger partial charge on any atom is 0.196 e. The fourth-order valence-electron chi connectivity index (χ4n) is 3.12. The van der Waals surface area contributed by atoms with Gasteiger partial charge in [0.2, 0.25) is 0 Å². The second-order valence-corrected chi connectivity index (χ2v) is 7.84. The van der Waals surface area contributed by atoms with Gasteiger partial charge in [0.1, 0.15) is 0 Å². The molecular formula is C19H29NOS. The van der Waals surface area contributed by atoms with Crippen molar-refractivity contribution in [1.29, 1.82) is 0 Å². The molecular weight excluding hydrogens is 290 g/mol. The van der Waals surface area contributed by atoms with Gasteiger partial charge < -0.3 is 0 Å². The van der Waals surface area contributed by atoms with Crippen molar-refractivity contribution >= 4 is 16.9 Å². The summed E-state index contributed by atoms with van der Waals surface area (Å²) in [4.78, 5) is 15.3. The van der Waals surface area contributed by atoms with Crippen LogP contribution in [0.25, 0.3) is 0 Å². The van der Waals surface area contributed by atoms with Crippen LogP contribution in [0.15, 0.2) is 30.3 Å². The SMILES string of the molecule is CC(C)C[C@@H](C(=O)SC[C@H](C)N1CCCC1)c1ccccc1. The minimum Gasteiger partial charge on any atom is -0.300 e. The van der Waals surface area contributed by atoms with Crippen molar-refractivity contribution in [3.63, 3.8) is 0 Å². The zero-order chi connectivity index (χ0) is 15.9. The van der Waals surface area contributed by atoms with Crippen molar-refractivity contribution in [3.05, 3.63) is 35.9 Å². The van der Waals surface area contributed by atoms with Crippen LogP contribution in [0.4, 0.5) is 0 Å². The van der Waals surface area contributed by atoms with E-state index in [1.165, 1.54) is 43.3 Å². The van der Waals surface area contributed by atoms with E-state index in [0.717, 1.165) is 12.2 Å². The van der Waals surface area contributed by atoms with Gasteiger partial charge in [-0.1, -0.05) is 55.9 Å². The van der Waals surface area contributed by atoms with Gasteiger partial charge in [0.05, 0.1) is 5.92 Å². The summed E-state index contributed by atoms with van der Waals surface area (Å²) in [6.07, 6.45) is 3.56. The normalized spacial score (nSPS) is 18.5. The Kier molecular flexibility index (Phi) is 6.97. The van der Waals surface area contributed by atoms with E-state index in [2.05, 4.69) is 37.8 Å². The minimum absolute atomic E-state index is 0.0389. The van der Waals surface area contributed by atoms with Crippen LogP contribution in [0.1, 0.15) is 51.5 Å². The Labute approximate surface area is 139 Å². The molecule has 122 valence electrons. The third-order valence-electron chi connectivity index (χ3n) is 4.42. The lowest BCUT2D eigenvalue weighted by atomic mass is 9.91. The lowest BCUT2D eigenvalue weighted by molar-refractivity contribution is -0.112. The smallest absolute Gasteiger partial charge is 0.196 e. The molecule has 1 aliphatic heterocycles. The number of benzene rings is 1. The summed E-state index contributed by atoms with van der Waals surface area (Å²) >= 11 is 1.54. The standard InChI is InChI=1S/C19H29NOS/c1-15(2)13-18(17-9-5-4-6-10-17)19(21)22-14-16(3)20-11-7-8-12-20/h4-6,9-10,15-16,18H,7-8,11-14H2,1-3H3/t16-,18+/m0/s1. The first-order valence-electron chi connectivity index (χ1n) is 8.53. The average molecular weight is 320 g/mol. The molecule has 1 heterocycles. The molecule has 3 heteroatoms. The molecule has 1 aliphatic rings. The molecule has 1 saturated heterocycles. The highest BCUT2D eigenvalue weighted by atomic mass is 32.2. The molecule has 2 rings (SSSR count). The maximum atomic E-state index is 12.7. The van der Waals surface area contributed by atoms with Gasteiger partial charge in [-0.05, 0) is 50.8 Å². The molecule has 1 aromatic carbocycles. The number of nitrogens with zero attached hydrogens (tertiary/aromatic N) is 1. The highest BCUT2D eigenvalue weighted by Crippen LogP contribution is 2.30. The summed E-state index contributed by atoms with van der Waals surface area (Å²) < 4.78 is 0. The largest absolute Gasteiger partial charge is 0.300 e. The van der Waals surface area contributed by atoms with Gasteiger partial charge in [-0.15, -0.1) is 0 Å². The van der Waals surface area contributed by atoms with E-state index in [1.54, 1.807) is 0 Å². The highest BCUT2D eigenvalue weighted by molar-refractivity contribution is 8.13. The van der Waals surface area contributed by atoms with Crippen LogP contribution >= 0.6 is 11.8 Å². The molecule has 0 bridgehead atoms. The summed E-state index contributed by atoms with van der Waals surface area (Å²) in [5.74, 6) is 1.49. The van der Waals surface area contributed by atoms with Crippen LogP contribution < -0.4 is 0 Å². The molecule has 0 aliphatic carbocycles. The average Bonchev–Trinajstić information content (AvgIpc) is 3.05. The van der Waals surface area contributed by atoms with Gasteiger partial charge in [0.25, 0.3) is 0 Å². The van der Waals surface area contributed by atoms with E-state index < -0.39 is 0 Å². The van der Waals surface area contributed by atoms with Crippen molar-refractivity contribution in [2.45, 2.75) is 52.0 Å². The predicted octanol–water partition coefficient (Wildman–Crippen LogP) is 4.56. The molecule has 0 saturated carbocycles. The third kappa shape index (κ3) is 5.13. The Balaban J connectivity index is 1.93. The first kappa shape index (κ1) is 17.6. The molecule has 0 unspecified atom stereocenters. The molecule has 1 fully saturated rings. The van der Waals surface area contributed by atoms with Crippen LogP contribution in [-0.4, -0.2) is 34.9 Å². The molecule has 0 radical (unpaired) electrons. The van der Waals surface area contributed by atoms with Gasteiger partial charge in [0.15, 0.2) is 5.12 Å². The van der Waals surface area contributed by atoms with Crippen LogP contribution in [0.2, 0.25) is 0 Å². The van der Waals surface area contributed by atoms with Crippen LogP contribution in [0, 0.1) is 5.92 Å². The van der Waals surface area contributed by atoms with Gasteiger partial charge in [-0.3, -0.25) is 9.69 Å². The fourth-order valence-corrected chi connectivity index (χ4v) is 4.17. The fraction of sp³-hybridized carbons (Fsp3) is 0.632. The third-order valence-corrected chi connectivity index (χ3v) is 5.64. The topological polar surface area (TPSA) is 20.3 Å². The van der Waals surface area contributed by atoms with Gasteiger partial charge >= 0.3 is 0 Å². The predicted molar refractivity (Wildman–Crippen MR) is 96.4 cm³/mol. The summed E-state index contributed by atoms with van der Waals surface area (Å²) in [5.41, 5.74) is 1.17. The Bertz CT molecular complexity index is 454. The summed E-state index contributed by atoms with van der Waals surface area (Å²) in [6, 6.07) is 10.8. The van der Waals surface area contributed by atoms with Crippen molar-refractivity contribution in [3.8, 4) is 0 Å². The Morgan fingerprint density at radius 2 is 1.77 bits per heavy atom. The van der Waals surface area contributed by atoms with Crippen molar-refractivity contribution < 1.29 is 4.79 Å². The monoisotopic (exact) mass is 319 g/mol. The molecule has 22 heavy (non-hydrogen) atoms. The van der Waals surface area contributed by atoms with E-state index in [-0.39, 0.29) is 5.92 Å². The second kappa shape index (κ2) is 8.73. The summed E-state index contributed by atoms with van der Waals surface area (Å²) in [7, 11) is 0. The molecule has 0 amide bonds. The summed E-state index contributed by atoms with van der Waals surface area (Å²) in [5, 5.41) is 0.339. The number of likely N-dealkylation sites (tertiary alicyclic amines) is 1. The van der Waals surface area contributed by atoms with Gasteiger partial charge in [0, 0.05) is 11.8 Å². The van der Waals surface area contributed by atoms with Crippen LogP contribution in [0.3, 0.4) is 0 Å². The maximum absolute atomic E-state index is 12.7. The zero-order valence-corrected chi connectivity index (χ0v) is 14.9. The Morgan fingerprint density at radius 1 is 1.14 bits per heavy atom. The van der Waals surface area contributed by atoms with E-state index in [0.29, 0.717) is 17.1 Å². The zero-order valence-electron chi connectivity index (χ0n) is 14.1. The minimum atomic E-state index is 0.0389. The highest BCUT2D eigenvalue weighted by Gasteiger charge is 2.24. The Hall–Kier alpha value is -0.800. The molecule has 2 nitrogen and oxygen atoms in total. The van der Waals surface area contributed by atoms with Crippen LogP contribution in [0.5, 0.6) is 0 Å². The first-order valence-corrected chi connectivity index (χ1v) is 9.52. The number of hydrogen-bond donors (Lipinski definition) is 0. The molecule has 0 N–H and O–H groups in total. The van der Waals surface area contributed by atoms with Crippen molar-refractivity contribution in [2.75, 3.05) is 18.8 Å². The van der Waals surface area contributed by atoms with Gasteiger partial charge in [-0.2, -0.15) is 0 Å². The number of carbonyl (C=O) groups excluding carboxylic acids is 1. The first-order chi connectivity index (χ1) is 10.6. The van der Waals surface area contributed by atoms with E-state index in [9.17, 15) is 4.79 Å². The molecule has 0 spiro atoms. The number of carbonyl (C=O) groups is 1. The van der Waals surface area contributed by atoms with E-state index in [1.807, 2.05) is 18.2 Å². The van der Waals surface area contributed by atoms with E-state index >= 15 is 0 Å². The number of hydrogen-bond acceptors (Lipinski definition) is 3. The van der Waals surface area contributed by atoms with Crippen molar-refractivity contribution in [2.24, 2.45) is 5.92 Å². The second-order valence-electron chi connectivity index (χ2n) is 6.81. The van der Waals surface area contributed by atoms with Gasteiger partial charge in [-0.25, -0.2) is 0 Å². The molecule has 2 atom stereocenters. The number of rotatable bonds is 7. The number of thioether (sulfide) groups is 1. The van der Waals surface area contributed by atoms with Crippen molar-refractivity contribution in [1.82, 2.24) is 4.90 Å². The molecule has 1 aromatic rings. The summed E-state index contributed by atoms with van der Waals surface area (Å²) in [6.45, 7) is 9.04.